The maximum atomic E-state index is 6.48. The lowest BCUT2D eigenvalue weighted by Gasteiger charge is -2.20. The van der Waals surface area contributed by atoms with Crippen LogP contribution in [0, 0.1) is 10.5 Å². The molecule has 1 unspecified atom stereocenters. The minimum absolute atomic E-state index is 0.270. The van der Waals surface area contributed by atoms with Gasteiger partial charge < -0.3 is 15.2 Å². The fourth-order valence-electron chi connectivity index (χ4n) is 2.20. The number of hydrogen-bond donors (Lipinski definition) is 1. The van der Waals surface area contributed by atoms with Gasteiger partial charge in [-0.1, -0.05) is 18.2 Å². The molecule has 112 valence electrons. The van der Waals surface area contributed by atoms with E-state index in [9.17, 15) is 0 Å². The summed E-state index contributed by atoms with van der Waals surface area (Å²) >= 11 is 5.80. The van der Waals surface area contributed by atoms with E-state index < -0.39 is 0 Å². The van der Waals surface area contributed by atoms with Gasteiger partial charge in [0.1, 0.15) is 11.5 Å². The first-order chi connectivity index (χ1) is 9.99. The lowest BCUT2D eigenvalue weighted by molar-refractivity contribution is 0.395. The summed E-state index contributed by atoms with van der Waals surface area (Å²) in [5.74, 6) is 1.48. The van der Waals surface area contributed by atoms with Crippen LogP contribution in [0.2, 0.25) is 0 Å². The quantitative estimate of drug-likeness (QED) is 0.685. The van der Waals surface area contributed by atoms with Crippen LogP contribution < -0.4 is 15.2 Å². The number of ether oxygens (including phenoxy) is 2. The second kappa shape index (κ2) is 6.98. The molecule has 5 heteroatoms. The summed E-state index contributed by atoms with van der Waals surface area (Å²) in [5, 5.41) is 0. The third-order valence-corrected chi connectivity index (χ3v) is 5.49. The molecule has 0 aliphatic carbocycles. The van der Waals surface area contributed by atoms with Gasteiger partial charge >= 0.3 is 0 Å². The fraction of sp³-hybridized carbons (Fsp3) is 0.250. The highest BCUT2D eigenvalue weighted by Gasteiger charge is 2.19. The van der Waals surface area contributed by atoms with Crippen molar-refractivity contribution in [1.29, 1.82) is 0 Å². The molecular weight excluding hydrogens is 445 g/mol. The summed E-state index contributed by atoms with van der Waals surface area (Å²) in [5.41, 5.74) is 9.68. The molecule has 0 radical (unpaired) electrons. The minimum Gasteiger partial charge on any atom is -0.496 e. The highest BCUT2D eigenvalue weighted by molar-refractivity contribution is 14.1. The van der Waals surface area contributed by atoms with E-state index in [0.717, 1.165) is 27.1 Å². The Bertz CT molecular complexity index is 661. The van der Waals surface area contributed by atoms with E-state index in [1.54, 1.807) is 14.2 Å². The zero-order valence-corrected chi connectivity index (χ0v) is 15.9. The van der Waals surface area contributed by atoms with Crippen molar-refractivity contribution >= 4 is 38.5 Å². The highest BCUT2D eigenvalue weighted by Crippen LogP contribution is 2.38. The lowest BCUT2D eigenvalue weighted by atomic mass is 9.97. The predicted octanol–water partition coefficient (Wildman–Crippen LogP) is 4.43. The Hall–Kier alpha value is -0.790. The van der Waals surface area contributed by atoms with Crippen molar-refractivity contribution in [2.75, 3.05) is 14.2 Å². The Morgan fingerprint density at radius 2 is 1.76 bits per heavy atom. The van der Waals surface area contributed by atoms with Crippen molar-refractivity contribution in [1.82, 2.24) is 0 Å². The normalized spacial score (nSPS) is 12.1. The van der Waals surface area contributed by atoms with E-state index in [0.29, 0.717) is 0 Å². The van der Waals surface area contributed by atoms with E-state index in [4.69, 9.17) is 15.2 Å². The number of nitrogens with two attached hydrogens (primary N) is 1. The zero-order chi connectivity index (χ0) is 15.6. The van der Waals surface area contributed by atoms with Gasteiger partial charge in [0.2, 0.25) is 0 Å². The summed E-state index contributed by atoms with van der Waals surface area (Å²) in [6.45, 7) is 2.08. The van der Waals surface area contributed by atoms with Gasteiger partial charge in [-0.25, -0.2) is 0 Å². The first-order valence-electron chi connectivity index (χ1n) is 6.41. The highest BCUT2D eigenvalue weighted by atomic mass is 127. The van der Waals surface area contributed by atoms with Crippen LogP contribution in [0.5, 0.6) is 11.5 Å². The Morgan fingerprint density at radius 1 is 1.10 bits per heavy atom. The van der Waals surface area contributed by atoms with Crippen molar-refractivity contribution in [3.05, 3.63) is 55.1 Å². The van der Waals surface area contributed by atoms with Crippen LogP contribution >= 0.6 is 38.5 Å². The summed E-state index contributed by atoms with van der Waals surface area (Å²) in [7, 11) is 3.28. The van der Waals surface area contributed by atoms with Gasteiger partial charge in [-0.2, -0.15) is 0 Å². The fourth-order valence-corrected chi connectivity index (χ4v) is 3.38. The van der Waals surface area contributed by atoms with Gasteiger partial charge in [0.25, 0.3) is 0 Å². The molecule has 0 bridgehead atoms. The molecule has 1 atom stereocenters. The monoisotopic (exact) mass is 461 g/mol. The Labute approximate surface area is 147 Å². The van der Waals surface area contributed by atoms with Crippen LogP contribution in [0.1, 0.15) is 22.7 Å². The molecule has 0 spiro atoms. The lowest BCUT2D eigenvalue weighted by Crippen LogP contribution is -2.15. The van der Waals surface area contributed by atoms with Crippen LogP contribution in [0.4, 0.5) is 0 Å². The number of rotatable bonds is 4. The molecule has 0 saturated heterocycles. The van der Waals surface area contributed by atoms with Crippen LogP contribution in [0.15, 0.2) is 34.8 Å². The molecule has 2 rings (SSSR count). The van der Waals surface area contributed by atoms with Crippen molar-refractivity contribution in [2.45, 2.75) is 13.0 Å². The maximum Gasteiger partial charge on any atom is 0.133 e. The molecule has 0 aliphatic rings. The molecule has 2 aromatic rings. The first-order valence-corrected chi connectivity index (χ1v) is 8.28. The maximum absolute atomic E-state index is 6.48. The molecule has 0 saturated carbocycles. The van der Waals surface area contributed by atoms with Crippen molar-refractivity contribution in [3.8, 4) is 11.5 Å². The summed E-state index contributed by atoms with van der Waals surface area (Å²) in [6.07, 6.45) is 0. The average Bonchev–Trinajstić information content (AvgIpc) is 2.49. The largest absolute Gasteiger partial charge is 0.496 e. The van der Waals surface area contributed by atoms with Gasteiger partial charge in [-0.15, -0.1) is 0 Å². The van der Waals surface area contributed by atoms with Crippen LogP contribution in [0.25, 0.3) is 0 Å². The van der Waals surface area contributed by atoms with E-state index >= 15 is 0 Å². The molecule has 2 N–H and O–H groups in total. The molecule has 0 heterocycles. The minimum atomic E-state index is -0.270. The Morgan fingerprint density at radius 3 is 2.38 bits per heavy atom. The second-order valence-electron chi connectivity index (χ2n) is 4.68. The predicted molar refractivity (Wildman–Crippen MR) is 97.2 cm³/mol. The number of methoxy groups -OCH3 is 2. The number of benzene rings is 2. The first kappa shape index (κ1) is 16.6. The van der Waals surface area contributed by atoms with Crippen LogP contribution in [-0.2, 0) is 0 Å². The Balaban J connectivity index is 2.56. The van der Waals surface area contributed by atoms with E-state index in [1.165, 1.54) is 9.13 Å². The third kappa shape index (κ3) is 3.35. The van der Waals surface area contributed by atoms with Crippen molar-refractivity contribution in [2.24, 2.45) is 5.73 Å². The standard InChI is InChI=1S/C16H17BrINO2/c1-9-5-4-6-10(15(9)18)16(19)11-7-14(21-3)12(17)8-13(11)20-2/h4-8,16H,19H2,1-3H3. The SMILES string of the molecule is COc1cc(C(N)c2cccc(C)c2I)c(OC)cc1Br. The Kier molecular flexibility index (Phi) is 5.51. The van der Waals surface area contributed by atoms with E-state index in [1.807, 2.05) is 24.3 Å². The second-order valence-corrected chi connectivity index (χ2v) is 6.62. The molecular formula is C16H17BrINO2. The number of aryl methyl sites for hydroxylation is 1. The molecule has 0 aliphatic heterocycles. The topological polar surface area (TPSA) is 44.5 Å². The molecule has 2 aromatic carbocycles. The van der Waals surface area contributed by atoms with Gasteiger partial charge in [0, 0.05) is 9.13 Å². The van der Waals surface area contributed by atoms with E-state index in [-0.39, 0.29) is 6.04 Å². The molecule has 0 amide bonds. The van der Waals surface area contributed by atoms with E-state index in [2.05, 4.69) is 51.5 Å². The van der Waals surface area contributed by atoms with Crippen LogP contribution in [-0.4, -0.2) is 14.2 Å². The molecule has 21 heavy (non-hydrogen) atoms. The van der Waals surface area contributed by atoms with Crippen LogP contribution in [0.3, 0.4) is 0 Å². The molecule has 0 fully saturated rings. The zero-order valence-electron chi connectivity index (χ0n) is 12.1. The van der Waals surface area contributed by atoms with Crippen molar-refractivity contribution < 1.29 is 9.47 Å². The summed E-state index contributed by atoms with van der Waals surface area (Å²) in [6, 6.07) is 9.69. The van der Waals surface area contributed by atoms with Gasteiger partial charge in [0.05, 0.1) is 24.7 Å². The van der Waals surface area contributed by atoms with Gasteiger partial charge in [-0.05, 0) is 68.7 Å². The van der Waals surface area contributed by atoms with Gasteiger partial charge in [-0.3, -0.25) is 0 Å². The molecule has 3 nitrogen and oxygen atoms in total. The smallest absolute Gasteiger partial charge is 0.133 e. The number of hydrogen-bond acceptors (Lipinski definition) is 3. The van der Waals surface area contributed by atoms with Crippen molar-refractivity contribution in [3.63, 3.8) is 0 Å². The van der Waals surface area contributed by atoms with Gasteiger partial charge in [0.15, 0.2) is 0 Å². The summed E-state index contributed by atoms with van der Waals surface area (Å²) in [4.78, 5) is 0. The third-order valence-electron chi connectivity index (χ3n) is 3.40. The average molecular weight is 462 g/mol. The number of halogens is 2. The summed E-state index contributed by atoms with van der Waals surface area (Å²) < 4.78 is 12.9. The molecule has 0 aromatic heterocycles.